The molecule has 1 aliphatic rings. The second-order valence-corrected chi connectivity index (χ2v) is 5.80. The number of carbonyl (C=O) groups excluding carboxylic acids is 1. The van der Waals surface area contributed by atoms with Gasteiger partial charge in [0.05, 0.1) is 12.2 Å². The van der Waals surface area contributed by atoms with E-state index in [4.69, 9.17) is 4.74 Å². The summed E-state index contributed by atoms with van der Waals surface area (Å²) in [5.41, 5.74) is 2.53. The van der Waals surface area contributed by atoms with Gasteiger partial charge in [-0.25, -0.2) is 0 Å². The maximum atomic E-state index is 12.9. The topological polar surface area (TPSA) is 51.5 Å². The van der Waals surface area contributed by atoms with Crippen LogP contribution in [0.4, 0.5) is 5.69 Å². The molecule has 0 N–H and O–H groups in total. The third kappa shape index (κ3) is 2.92. The van der Waals surface area contributed by atoms with Crippen molar-refractivity contribution in [3.05, 3.63) is 64.1 Å². The molecular weight excluding hydrogens is 292 g/mol. The predicted molar refractivity (Wildman–Crippen MR) is 89.0 cm³/mol. The maximum absolute atomic E-state index is 12.9. The Hall–Kier alpha value is -2.40. The van der Waals surface area contributed by atoms with E-state index < -0.39 is 0 Å². The highest BCUT2D eigenvalue weighted by Gasteiger charge is 2.31. The molecule has 1 aromatic carbocycles. The summed E-state index contributed by atoms with van der Waals surface area (Å²) in [5.74, 6) is -0.0754. The van der Waals surface area contributed by atoms with Gasteiger partial charge in [0.25, 0.3) is 11.5 Å². The lowest BCUT2D eigenvalue weighted by Crippen LogP contribution is -2.36. The zero-order valence-electron chi connectivity index (χ0n) is 13.4. The Morgan fingerprint density at radius 3 is 2.83 bits per heavy atom. The maximum Gasteiger partial charge on any atom is 0.260 e. The van der Waals surface area contributed by atoms with Gasteiger partial charge >= 0.3 is 0 Å². The first kappa shape index (κ1) is 15.5. The van der Waals surface area contributed by atoms with Gasteiger partial charge in [-0.05, 0) is 31.0 Å². The summed E-state index contributed by atoms with van der Waals surface area (Å²) in [6.07, 6.45) is 2.47. The van der Waals surface area contributed by atoms with E-state index in [9.17, 15) is 9.59 Å². The fraction of sp³-hybridized carbons (Fsp3) is 0.333. The lowest BCUT2D eigenvalue weighted by Gasteiger charge is -2.23. The predicted octanol–water partition coefficient (Wildman–Crippen LogP) is 2.09. The van der Waals surface area contributed by atoms with Crippen LogP contribution in [-0.4, -0.2) is 30.2 Å². The molecular formula is C18H20N2O3. The second kappa shape index (κ2) is 6.38. The summed E-state index contributed by atoms with van der Waals surface area (Å²) < 4.78 is 6.53. The first-order valence-corrected chi connectivity index (χ1v) is 7.72. The summed E-state index contributed by atoms with van der Waals surface area (Å²) in [4.78, 5) is 26.6. The molecule has 1 atom stereocenters. The van der Waals surface area contributed by atoms with Gasteiger partial charge in [0.1, 0.15) is 0 Å². The molecule has 0 unspecified atom stereocenters. The number of anilines is 1. The number of ether oxygens (including phenoxy) is 1. The molecule has 0 fully saturated rings. The minimum absolute atomic E-state index is 0.0754. The Bertz CT molecular complexity index is 782. The largest absolute Gasteiger partial charge is 0.383 e. The van der Waals surface area contributed by atoms with Crippen LogP contribution in [0.2, 0.25) is 0 Å². The number of hydrogen-bond acceptors (Lipinski definition) is 3. The molecule has 1 amide bonds. The van der Waals surface area contributed by atoms with Crippen LogP contribution in [-0.2, 0) is 17.7 Å². The van der Waals surface area contributed by atoms with Crippen LogP contribution in [0.3, 0.4) is 0 Å². The molecule has 0 radical (unpaired) electrons. The molecule has 0 aliphatic carbocycles. The van der Waals surface area contributed by atoms with Gasteiger partial charge < -0.3 is 14.2 Å². The van der Waals surface area contributed by atoms with E-state index in [0.29, 0.717) is 18.7 Å². The fourth-order valence-corrected chi connectivity index (χ4v) is 3.04. The third-order valence-corrected chi connectivity index (χ3v) is 4.19. The number of aromatic nitrogens is 1. The van der Waals surface area contributed by atoms with Crippen LogP contribution in [0.15, 0.2) is 47.4 Å². The summed E-state index contributed by atoms with van der Waals surface area (Å²) in [5, 5.41) is 0. The monoisotopic (exact) mass is 312 g/mol. The van der Waals surface area contributed by atoms with E-state index in [2.05, 4.69) is 6.07 Å². The van der Waals surface area contributed by atoms with Gasteiger partial charge in [0.2, 0.25) is 0 Å². The van der Waals surface area contributed by atoms with Gasteiger partial charge in [-0.1, -0.05) is 18.2 Å². The number of para-hydroxylation sites is 1. The number of pyridine rings is 1. The molecule has 0 saturated heterocycles. The van der Waals surface area contributed by atoms with Crippen molar-refractivity contribution in [3.63, 3.8) is 0 Å². The molecule has 1 aromatic heterocycles. The molecule has 2 aromatic rings. The Balaban J connectivity index is 1.93. The van der Waals surface area contributed by atoms with E-state index in [1.54, 1.807) is 19.4 Å². The van der Waals surface area contributed by atoms with E-state index in [1.165, 1.54) is 16.2 Å². The summed E-state index contributed by atoms with van der Waals surface area (Å²) in [7, 11) is 1.59. The van der Waals surface area contributed by atoms with Gasteiger partial charge in [0.15, 0.2) is 0 Å². The zero-order chi connectivity index (χ0) is 16.4. The molecule has 5 nitrogen and oxygen atoms in total. The number of hydrogen-bond donors (Lipinski definition) is 0. The van der Waals surface area contributed by atoms with Crippen molar-refractivity contribution in [2.24, 2.45) is 0 Å². The number of carbonyl (C=O) groups is 1. The molecule has 0 bridgehead atoms. The van der Waals surface area contributed by atoms with Crippen molar-refractivity contribution in [1.82, 2.24) is 4.57 Å². The quantitative estimate of drug-likeness (QED) is 0.868. The van der Waals surface area contributed by atoms with Crippen LogP contribution in [0, 0.1) is 0 Å². The van der Waals surface area contributed by atoms with E-state index >= 15 is 0 Å². The van der Waals surface area contributed by atoms with Gasteiger partial charge in [0, 0.05) is 37.6 Å². The normalized spacial score (nSPS) is 16.4. The van der Waals surface area contributed by atoms with E-state index in [0.717, 1.165) is 12.1 Å². The van der Waals surface area contributed by atoms with Crippen molar-refractivity contribution in [2.75, 3.05) is 18.6 Å². The average Bonchev–Trinajstić information content (AvgIpc) is 2.89. The van der Waals surface area contributed by atoms with Crippen molar-refractivity contribution in [2.45, 2.75) is 25.9 Å². The molecule has 0 saturated carbocycles. The molecule has 120 valence electrons. The number of nitrogens with zero attached hydrogens (tertiary/aromatic N) is 2. The average molecular weight is 312 g/mol. The molecule has 2 heterocycles. The minimum Gasteiger partial charge on any atom is -0.383 e. The Morgan fingerprint density at radius 2 is 2.04 bits per heavy atom. The van der Waals surface area contributed by atoms with Crippen LogP contribution >= 0.6 is 0 Å². The zero-order valence-corrected chi connectivity index (χ0v) is 13.4. The number of fused-ring (bicyclic) bond motifs is 1. The van der Waals surface area contributed by atoms with Gasteiger partial charge in [-0.2, -0.15) is 0 Å². The van der Waals surface area contributed by atoms with Crippen molar-refractivity contribution >= 4 is 11.6 Å². The Morgan fingerprint density at radius 1 is 1.26 bits per heavy atom. The third-order valence-electron chi connectivity index (χ3n) is 4.19. The van der Waals surface area contributed by atoms with Crippen molar-refractivity contribution < 1.29 is 9.53 Å². The highest BCUT2D eigenvalue weighted by molar-refractivity contribution is 6.07. The minimum atomic E-state index is -0.131. The molecule has 5 heteroatoms. The highest BCUT2D eigenvalue weighted by Crippen LogP contribution is 2.32. The second-order valence-electron chi connectivity index (χ2n) is 5.80. The lowest BCUT2D eigenvalue weighted by atomic mass is 10.1. The van der Waals surface area contributed by atoms with Crippen molar-refractivity contribution in [3.8, 4) is 0 Å². The van der Waals surface area contributed by atoms with Gasteiger partial charge in [-0.3, -0.25) is 9.59 Å². The SMILES string of the molecule is COCCn1cc(C(=O)N2c3ccccc3C[C@@H]2C)ccc1=O. The lowest BCUT2D eigenvalue weighted by molar-refractivity contribution is 0.0980. The molecule has 3 rings (SSSR count). The Kier molecular flexibility index (Phi) is 4.30. The molecule has 0 spiro atoms. The summed E-state index contributed by atoms with van der Waals surface area (Å²) in [6.45, 7) is 2.90. The molecule has 1 aliphatic heterocycles. The number of benzene rings is 1. The first-order valence-electron chi connectivity index (χ1n) is 7.72. The summed E-state index contributed by atoms with van der Waals surface area (Å²) >= 11 is 0. The van der Waals surface area contributed by atoms with Crippen LogP contribution in [0.1, 0.15) is 22.8 Å². The first-order chi connectivity index (χ1) is 11.1. The van der Waals surface area contributed by atoms with Crippen LogP contribution in [0.25, 0.3) is 0 Å². The fourth-order valence-electron chi connectivity index (χ4n) is 3.04. The smallest absolute Gasteiger partial charge is 0.260 e. The van der Waals surface area contributed by atoms with E-state index in [1.807, 2.05) is 30.0 Å². The number of methoxy groups -OCH3 is 1. The van der Waals surface area contributed by atoms with E-state index in [-0.39, 0.29) is 17.5 Å². The standard InChI is InChI=1S/C18H20N2O3/c1-13-11-14-5-3-4-6-16(14)20(13)18(22)15-7-8-17(21)19(12-15)9-10-23-2/h3-8,12-13H,9-11H2,1-2H3/t13-/m0/s1. The van der Waals surface area contributed by atoms with Gasteiger partial charge in [-0.15, -0.1) is 0 Å². The number of rotatable bonds is 4. The van der Waals surface area contributed by atoms with Crippen LogP contribution < -0.4 is 10.5 Å². The number of amides is 1. The summed E-state index contributed by atoms with van der Waals surface area (Å²) in [6, 6.07) is 11.1. The van der Waals surface area contributed by atoms with Crippen molar-refractivity contribution in [1.29, 1.82) is 0 Å². The Labute approximate surface area is 135 Å². The highest BCUT2D eigenvalue weighted by atomic mass is 16.5. The molecule has 23 heavy (non-hydrogen) atoms. The van der Waals surface area contributed by atoms with Crippen LogP contribution in [0.5, 0.6) is 0 Å².